The minimum atomic E-state index is -0.890. The summed E-state index contributed by atoms with van der Waals surface area (Å²) in [5.41, 5.74) is 0.217. The highest BCUT2D eigenvalue weighted by molar-refractivity contribution is 5.81. The van der Waals surface area contributed by atoms with Crippen LogP contribution in [0, 0.1) is 29.5 Å². The Morgan fingerprint density at radius 2 is 1.86 bits per heavy atom. The average Bonchev–Trinajstić information content (AvgIpc) is 3.08. The van der Waals surface area contributed by atoms with E-state index in [9.17, 15) is 14.0 Å². The molecular formula is C27H36FNO7. The first-order chi connectivity index (χ1) is 17.2. The highest BCUT2D eigenvalue weighted by atomic mass is 19.1. The van der Waals surface area contributed by atoms with Crippen LogP contribution in [0.4, 0.5) is 4.39 Å². The van der Waals surface area contributed by atoms with E-state index in [0.717, 1.165) is 24.8 Å². The van der Waals surface area contributed by atoms with Gasteiger partial charge in [0.25, 0.3) is 0 Å². The van der Waals surface area contributed by atoms with Gasteiger partial charge in [0.15, 0.2) is 11.9 Å². The maximum Gasteiger partial charge on any atom is 0.308 e. The van der Waals surface area contributed by atoms with Crippen LogP contribution in [-0.4, -0.2) is 42.4 Å². The molecule has 1 aromatic carbocycles. The molecule has 5 aliphatic rings. The summed E-state index contributed by atoms with van der Waals surface area (Å²) < 4.78 is 31.3. The minimum Gasteiger partial charge on any atom is -0.435 e. The summed E-state index contributed by atoms with van der Waals surface area (Å²) in [5.74, 6) is -1.27. The zero-order valence-electron chi connectivity index (χ0n) is 21.2. The number of amides is 1. The van der Waals surface area contributed by atoms with Crippen LogP contribution in [0.2, 0.25) is 0 Å². The van der Waals surface area contributed by atoms with Gasteiger partial charge in [0.1, 0.15) is 5.82 Å². The van der Waals surface area contributed by atoms with E-state index >= 15 is 0 Å². The van der Waals surface area contributed by atoms with Gasteiger partial charge in [0.2, 0.25) is 18.0 Å². The van der Waals surface area contributed by atoms with Gasteiger partial charge in [-0.2, -0.15) is 0 Å². The molecule has 0 aromatic heterocycles. The third-order valence-electron chi connectivity index (χ3n) is 8.55. The maximum atomic E-state index is 13.0. The van der Waals surface area contributed by atoms with Crippen LogP contribution in [0.1, 0.15) is 64.9 Å². The second kappa shape index (κ2) is 10.0. The van der Waals surface area contributed by atoms with E-state index in [4.69, 9.17) is 24.0 Å². The van der Waals surface area contributed by atoms with Crippen LogP contribution in [0.3, 0.4) is 0 Å². The predicted octanol–water partition coefficient (Wildman–Crippen LogP) is 4.02. The number of nitrogens with one attached hydrogen (secondary N) is 1. The molecule has 1 aliphatic carbocycles. The second-order valence-electron chi connectivity index (χ2n) is 11.0. The number of carbonyl (C=O) groups excluding carboxylic acids is 2. The summed E-state index contributed by atoms with van der Waals surface area (Å²) in [6.45, 7) is 6.53. The molecule has 1 amide bonds. The summed E-state index contributed by atoms with van der Waals surface area (Å²) in [4.78, 5) is 36.8. The first kappa shape index (κ1) is 25.6. The number of rotatable bonds is 7. The van der Waals surface area contributed by atoms with Crippen LogP contribution in [0.15, 0.2) is 24.3 Å². The number of hydrogen-bond donors (Lipinski definition) is 1. The van der Waals surface area contributed by atoms with Crippen molar-refractivity contribution in [2.75, 3.05) is 6.54 Å². The Morgan fingerprint density at radius 3 is 2.64 bits per heavy atom. The first-order valence-electron chi connectivity index (χ1n) is 13.1. The van der Waals surface area contributed by atoms with Crippen molar-refractivity contribution in [3.8, 4) is 0 Å². The van der Waals surface area contributed by atoms with Gasteiger partial charge in [-0.25, -0.2) is 14.2 Å². The maximum absolute atomic E-state index is 13.0. The van der Waals surface area contributed by atoms with Gasteiger partial charge in [-0.15, -0.1) is 0 Å². The summed E-state index contributed by atoms with van der Waals surface area (Å²) in [6.07, 6.45) is 2.71. The lowest BCUT2D eigenvalue weighted by Crippen LogP contribution is -2.70. The SMILES string of the molecule is C[C@H]1[C@H](OC(=O)CCC(=O)NCCc2ccc(F)cc2)O[C@@H]2O[C@@]3(C)CC[C@H]4[C@H](C)CC[C@H]1[C@@]24OO3. The normalized spacial score (nSPS) is 39.1. The van der Waals surface area contributed by atoms with Crippen LogP contribution in [0.25, 0.3) is 0 Å². The summed E-state index contributed by atoms with van der Waals surface area (Å²) >= 11 is 0. The quantitative estimate of drug-likeness (QED) is 0.442. The van der Waals surface area contributed by atoms with Crippen molar-refractivity contribution in [1.82, 2.24) is 5.32 Å². The summed E-state index contributed by atoms with van der Waals surface area (Å²) in [5, 5.41) is 2.79. The van der Waals surface area contributed by atoms with E-state index in [2.05, 4.69) is 12.2 Å². The van der Waals surface area contributed by atoms with E-state index in [1.54, 1.807) is 12.1 Å². The van der Waals surface area contributed by atoms with Gasteiger partial charge in [0.05, 0.1) is 6.42 Å². The van der Waals surface area contributed by atoms with Crippen molar-refractivity contribution < 1.29 is 38.0 Å². The number of ether oxygens (including phenoxy) is 3. The van der Waals surface area contributed by atoms with Gasteiger partial charge in [-0.3, -0.25) is 9.59 Å². The smallest absolute Gasteiger partial charge is 0.308 e. The standard InChI is InChI=1S/C27H36FNO7/c1-16-4-9-21-17(2)24(33-25-27(21)20(16)12-14-26(3,34-25)35-36-27)32-23(31)11-10-22(30)29-15-13-18-5-7-19(28)8-6-18/h5-8,16-17,20-21,24-25H,4,9-15H2,1-3H3,(H,29,30)/t16-,17-,20+,21-,24-,25-,26-,27-/m1/s1. The topological polar surface area (TPSA) is 92.3 Å². The molecule has 198 valence electrons. The Morgan fingerprint density at radius 1 is 1.08 bits per heavy atom. The molecule has 1 spiro atoms. The van der Waals surface area contributed by atoms with Crippen LogP contribution in [0.5, 0.6) is 0 Å². The first-order valence-corrected chi connectivity index (χ1v) is 13.1. The Balaban J connectivity index is 1.15. The van der Waals surface area contributed by atoms with Gasteiger partial charge in [0, 0.05) is 31.2 Å². The average molecular weight is 506 g/mol. The molecule has 0 radical (unpaired) electrons. The fraction of sp³-hybridized carbons (Fsp3) is 0.704. The fourth-order valence-corrected chi connectivity index (χ4v) is 6.50. The molecule has 8 nitrogen and oxygen atoms in total. The summed E-state index contributed by atoms with van der Waals surface area (Å²) in [6, 6.07) is 6.15. The van der Waals surface area contributed by atoms with E-state index in [1.807, 2.05) is 13.8 Å². The van der Waals surface area contributed by atoms with Crippen molar-refractivity contribution in [2.45, 2.75) is 89.7 Å². The molecule has 1 N–H and O–H groups in total. The van der Waals surface area contributed by atoms with Crippen LogP contribution < -0.4 is 5.32 Å². The third-order valence-corrected chi connectivity index (χ3v) is 8.55. The van der Waals surface area contributed by atoms with Crippen molar-refractivity contribution in [1.29, 1.82) is 0 Å². The lowest BCUT2D eigenvalue weighted by Gasteiger charge is -2.59. The van der Waals surface area contributed by atoms with E-state index in [0.29, 0.717) is 25.3 Å². The summed E-state index contributed by atoms with van der Waals surface area (Å²) in [7, 11) is 0. The fourth-order valence-electron chi connectivity index (χ4n) is 6.50. The lowest BCUT2D eigenvalue weighted by atomic mass is 9.58. The number of esters is 1. The van der Waals surface area contributed by atoms with Gasteiger partial charge >= 0.3 is 5.97 Å². The van der Waals surface area contributed by atoms with Crippen LogP contribution in [-0.2, 0) is 40.0 Å². The highest BCUT2D eigenvalue weighted by Crippen LogP contribution is 2.60. The molecule has 4 saturated heterocycles. The predicted molar refractivity (Wildman–Crippen MR) is 125 cm³/mol. The molecule has 1 saturated carbocycles. The monoisotopic (exact) mass is 505 g/mol. The van der Waals surface area contributed by atoms with Crippen molar-refractivity contribution >= 4 is 11.9 Å². The molecule has 0 unspecified atom stereocenters. The van der Waals surface area contributed by atoms with Gasteiger partial charge in [-0.05, 0) is 62.1 Å². The van der Waals surface area contributed by atoms with Crippen molar-refractivity contribution in [2.24, 2.45) is 23.7 Å². The largest absolute Gasteiger partial charge is 0.435 e. The molecule has 6 rings (SSSR count). The Hall–Kier alpha value is -2.07. The second-order valence-corrected chi connectivity index (χ2v) is 11.0. The Bertz CT molecular complexity index is 973. The lowest BCUT2D eigenvalue weighted by molar-refractivity contribution is -0.576. The zero-order chi connectivity index (χ0) is 25.5. The number of fused-ring (bicyclic) bond motifs is 2. The molecule has 9 heteroatoms. The molecule has 2 bridgehead atoms. The molecule has 5 fully saturated rings. The zero-order valence-corrected chi connectivity index (χ0v) is 21.2. The van der Waals surface area contributed by atoms with Crippen LogP contribution >= 0.6 is 0 Å². The molecular weight excluding hydrogens is 469 g/mol. The number of carbonyl (C=O) groups is 2. The van der Waals surface area contributed by atoms with Gasteiger partial charge < -0.3 is 19.5 Å². The molecule has 4 heterocycles. The molecule has 1 aromatic rings. The molecule has 8 atom stereocenters. The van der Waals surface area contributed by atoms with E-state index in [1.165, 1.54) is 12.1 Å². The van der Waals surface area contributed by atoms with Gasteiger partial charge in [-0.1, -0.05) is 26.0 Å². The minimum absolute atomic E-state index is 0.0191. The Kier molecular flexibility index (Phi) is 7.11. The number of benzene rings is 1. The Labute approximate surface area is 211 Å². The van der Waals surface area contributed by atoms with E-state index < -0.39 is 29.9 Å². The number of halogens is 1. The molecule has 4 aliphatic heterocycles. The van der Waals surface area contributed by atoms with E-state index in [-0.39, 0.29) is 42.3 Å². The molecule has 36 heavy (non-hydrogen) atoms. The highest BCUT2D eigenvalue weighted by Gasteiger charge is 2.69. The van der Waals surface area contributed by atoms with Crippen molar-refractivity contribution in [3.05, 3.63) is 35.6 Å². The number of hydrogen-bond acceptors (Lipinski definition) is 7. The third kappa shape index (κ3) is 4.78. The van der Waals surface area contributed by atoms with Crippen molar-refractivity contribution in [3.63, 3.8) is 0 Å².